The van der Waals surface area contributed by atoms with Gasteiger partial charge >= 0.3 is 0 Å². The molecule has 4 heteroatoms. The molecular weight excluding hydrogens is 206 g/mol. The van der Waals surface area contributed by atoms with E-state index in [-0.39, 0.29) is 0 Å². The molecule has 2 heterocycles. The van der Waals surface area contributed by atoms with E-state index >= 15 is 0 Å². The van der Waals surface area contributed by atoms with Gasteiger partial charge in [-0.3, -0.25) is 5.84 Å². The summed E-state index contributed by atoms with van der Waals surface area (Å²) in [6, 6.07) is 0. The maximum absolute atomic E-state index is 5.75. The van der Waals surface area contributed by atoms with Crippen molar-refractivity contribution in [3.05, 3.63) is 0 Å². The second-order valence-corrected chi connectivity index (χ2v) is 5.09. The lowest BCUT2D eigenvalue weighted by atomic mass is 9.73. The molecule has 1 atom stereocenters. The van der Waals surface area contributed by atoms with Crippen LogP contribution in [0.4, 0.5) is 0 Å². The first-order valence-corrected chi connectivity index (χ1v) is 6.63. The Balaban J connectivity index is 0.000000531. The van der Waals surface area contributed by atoms with Crippen LogP contribution in [0.15, 0.2) is 0 Å². The first kappa shape index (κ1) is 13.3. The Kier molecular flexibility index (Phi) is 5.39. The molecule has 1 unspecified atom stereocenters. The third kappa shape index (κ3) is 3.63. The molecule has 0 bridgehead atoms. The van der Waals surface area contributed by atoms with Crippen molar-refractivity contribution in [2.45, 2.75) is 44.9 Å². The summed E-state index contributed by atoms with van der Waals surface area (Å²) in [5, 5.41) is 5.82. The highest BCUT2D eigenvalue weighted by atomic mass is 32.1. The van der Waals surface area contributed by atoms with Gasteiger partial charge in [0.25, 0.3) is 0 Å². The zero-order valence-electron chi connectivity index (χ0n) is 10.00. The predicted octanol–water partition coefficient (Wildman–Crippen LogP) is 1.61. The minimum atomic E-state index is 0.418. The fraction of sp³-hybridized carbons (Fsp3) is 1.00. The lowest BCUT2D eigenvalue weighted by Gasteiger charge is -2.44. The van der Waals surface area contributed by atoms with E-state index in [9.17, 15) is 0 Å². The van der Waals surface area contributed by atoms with Gasteiger partial charge in [-0.1, -0.05) is 13.8 Å². The average Bonchev–Trinajstić information content (AvgIpc) is 2.30. The van der Waals surface area contributed by atoms with E-state index in [0.29, 0.717) is 10.8 Å². The number of hydrogen-bond acceptors (Lipinski definition) is 4. The first-order valence-electron chi connectivity index (χ1n) is 6.11. The highest BCUT2D eigenvalue weighted by Crippen LogP contribution is 2.38. The Bertz CT molecular complexity index is 147. The van der Waals surface area contributed by atoms with Crippen molar-refractivity contribution in [1.82, 2.24) is 10.3 Å². The molecule has 1 spiro atoms. The van der Waals surface area contributed by atoms with Gasteiger partial charge in [0.15, 0.2) is 0 Å². The second kappa shape index (κ2) is 6.09. The maximum Gasteiger partial charge on any atom is 0.0502 e. The second-order valence-electron chi connectivity index (χ2n) is 4.47. The number of nitrogens with one attached hydrogen (secondary N) is 1. The molecule has 2 fully saturated rings. The van der Waals surface area contributed by atoms with Crippen LogP contribution in [0.1, 0.15) is 39.5 Å². The molecule has 2 aliphatic rings. The van der Waals surface area contributed by atoms with Crippen LogP contribution in [0.3, 0.4) is 0 Å². The highest BCUT2D eigenvalue weighted by molar-refractivity contribution is 7.80. The van der Waals surface area contributed by atoms with Gasteiger partial charge in [-0.2, -0.15) is 12.6 Å². The summed E-state index contributed by atoms with van der Waals surface area (Å²) in [5.74, 6) is 5.75. The van der Waals surface area contributed by atoms with Gasteiger partial charge in [-0.15, -0.1) is 0 Å². The molecule has 3 N–H and O–H groups in total. The van der Waals surface area contributed by atoms with Gasteiger partial charge in [0, 0.05) is 19.6 Å². The molecule has 0 saturated carbocycles. The average molecular weight is 231 g/mol. The van der Waals surface area contributed by atoms with Crippen LogP contribution in [-0.2, 0) is 0 Å². The number of hydrogen-bond donors (Lipinski definition) is 3. The van der Waals surface area contributed by atoms with E-state index < -0.39 is 0 Å². The quantitative estimate of drug-likeness (QED) is 0.438. The third-order valence-corrected chi connectivity index (χ3v) is 3.96. The molecule has 15 heavy (non-hydrogen) atoms. The van der Waals surface area contributed by atoms with Crippen LogP contribution in [0.5, 0.6) is 0 Å². The van der Waals surface area contributed by atoms with E-state index in [4.69, 9.17) is 5.84 Å². The summed E-state index contributed by atoms with van der Waals surface area (Å²) in [4.78, 5) is 0. The van der Waals surface area contributed by atoms with Crippen LogP contribution in [0.2, 0.25) is 0 Å². The van der Waals surface area contributed by atoms with Crippen LogP contribution < -0.4 is 11.2 Å². The van der Waals surface area contributed by atoms with Gasteiger partial charge < -0.3 is 5.32 Å². The van der Waals surface area contributed by atoms with Crippen LogP contribution in [0, 0.1) is 5.41 Å². The van der Waals surface area contributed by atoms with Crippen LogP contribution in [-0.4, -0.2) is 30.0 Å². The van der Waals surface area contributed by atoms with E-state index in [1.165, 1.54) is 25.7 Å². The van der Waals surface area contributed by atoms with Gasteiger partial charge in [0.1, 0.15) is 0 Å². The molecule has 0 aromatic rings. The van der Waals surface area contributed by atoms with Gasteiger partial charge in [-0.05, 0) is 31.1 Å². The summed E-state index contributed by atoms with van der Waals surface area (Å²) in [6.07, 6.45) is 5.02. The highest BCUT2D eigenvalue weighted by Gasteiger charge is 2.36. The van der Waals surface area contributed by atoms with Crippen LogP contribution >= 0.6 is 12.6 Å². The molecule has 0 amide bonds. The number of nitrogens with two attached hydrogens (primary N) is 1. The topological polar surface area (TPSA) is 41.3 Å². The van der Waals surface area contributed by atoms with Crippen molar-refractivity contribution in [2.24, 2.45) is 11.3 Å². The molecular formula is C11H25N3S. The standard InChI is InChI=1S/C9H19N3S.C2H6/c10-12-5-3-9(4-6-12)2-1-8(13)11-7-9;1-2/h8,11,13H,1-7,10H2;1-2H3. The van der Waals surface area contributed by atoms with Gasteiger partial charge in [-0.25, -0.2) is 5.01 Å². The lowest BCUT2D eigenvalue weighted by Crippen LogP contribution is -2.51. The number of rotatable bonds is 0. The molecule has 0 aromatic heterocycles. The van der Waals surface area contributed by atoms with Crippen molar-refractivity contribution in [2.75, 3.05) is 19.6 Å². The lowest BCUT2D eigenvalue weighted by molar-refractivity contribution is 0.0765. The summed E-state index contributed by atoms with van der Waals surface area (Å²) in [5.41, 5.74) is 0.537. The monoisotopic (exact) mass is 231 g/mol. The minimum absolute atomic E-state index is 0.418. The molecule has 2 aliphatic heterocycles. The number of piperidine rings is 2. The van der Waals surface area contributed by atoms with Gasteiger partial charge in [0.05, 0.1) is 5.37 Å². The Morgan fingerprint density at radius 3 is 2.33 bits per heavy atom. The normalized spacial score (nSPS) is 30.8. The summed E-state index contributed by atoms with van der Waals surface area (Å²) >= 11 is 4.44. The zero-order valence-corrected chi connectivity index (χ0v) is 10.9. The smallest absolute Gasteiger partial charge is 0.0502 e. The molecule has 2 rings (SSSR count). The number of nitrogens with zero attached hydrogens (tertiary/aromatic N) is 1. The van der Waals surface area contributed by atoms with Crippen LogP contribution in [0.25, 0.3) is 0 Å². The third-order valence-electron chi connectivity index (χ3n) is 3.52. The maximum atomic E-state index is 5.75. The van der Waals surface area contributed by atoms with E-state index in [1.807, 2.05) is 18.9 Å². The van der Waals surface area contributed by atoms with Crippen molar-refractivity contribution in [3.63, 3.8) is 0 Å². The first-order chi connectivity index (χ1) is 7.20. The zero-order chi connectivity index (χ0) is 11.3. The summed E-state index contributed by atoms with van der Waals surface area (Å²) < 4.78 is 0. The van der Waals surface area contributed by atoms with E-state index in [2.05, 4.69) is 17.9 Å². The molecule has 2 saturated heterocycles. The summed E-state index contributed by atoms with van der Waals surface area (Å²) in [6.45, 7) is 7.24. The molecule has 0 radical (unpaired) electrons. The molecule has 0 aliphatic carbocycles. The minimum Gasteiger partial charge on any atom is -0.305 e. The number of hydrazine groups is 1. The Morgan fingerprint density at radius 1 is 1.27 bits per heavy atom. The Hall–Kier alpha value is 0.230. The Morgan fingerprint density at radius 2 is 1.87 bits per heavy atom. The fourth-order valence-corrected chi connectivity index (χ4v) is 2.61. The van der Waals surface area contributed by atoms with E-state index in [0.717, 1.165) is 19.6 Å². The predicted molar refractivity (Wildman–Crippen MR) is 68.8 cm³/mol. The SMILES string of the molecule is CC.NN1CCC2(CCC(S)NC2)CC1. The van der Waals surface area contributed by atoms with Gasteiger partial charge in [0.2, 0.25) is 0 Å². The number of thiol groups is 1. The fourth-order valence-electron chi connectivity index (χ4n) is 2.39. The van der Waals surface area contributed by atoms with E-state index in [1.54, 1.807) is 0 Å². The molecule has 90 valence electrons. The summed E-state index contributed by atoms with van der Waals surface area (Å²) in [7, 11) is 0. The largest absolute Gasteiger partial charge is 0.305 e. The van der Waals surface area contributed by atoms with Crippen molar-refractivity contribution >= 4 is 12.6 Å². The van der Waals surface area contributed by atoms with Crippen molar-refractivity contribution in [3.8, 4) is 0 Å². The van der Waals surface area contributed by atoms with Crippen molar-refractivity contribution in [1.29, 1.82) is 0 Å². The Labute approximate surface area is 99.2 Å². The molecule has 0 aromatic carbocycles. The van der Waals surface area contributed by atoms with Crippen molar-refractivity contribution < 1.29 is 0 Å². The molecule has 3 nitrogen and oxygen atoms in total.